The minimum Gasteiger partial charge on any atom is -0.481 e. The molecule has 5 nitrogen and oxygen atoms in total. The third-order valence-electron chi connectivity index (χ3n) is 6.53. The van der Waals surface area contributed by atoms with E-state index in [1.807, 2.05) is 18.2 Å². The van der Waals surface area contributed by atoms with Gasteiger partial charge < -0.3 is 15.8 Å². The molecule has 3 rings (SSSR count). The highest BCUT2D eigenvalue weighted by atomic mass is 16.4. The number of ketones is 1. The number of hydrogen-bond acceptors (Lipinski definition) is 4. The Hall–Kier alpha value is -3.31. The Morgan fingerprint density at radius 1 is 0.914 bits per heavy atom. The van der Waals surface area contributed by atoms with E-state index in [2.05, 4.69) is 66.8 Å². The molecular weight excluding hydrogens is 436 g/mol. The number of aliphatic carboxylic acids is 1. The van der Waals surface area contributed by atoms with Crippen molar-refractivity contribution in [3.8, 4) is 0 Å². The first kappa shape index (κ1) is 26.3. The Morgan fingerprint density at radius 3 is 2.37 bits per heavy atom. The molecule has 0 saturated heterocycles. The predicted octanol–water partition coefficient (Wildman–Crippen LogP) is 6.36. The third-order valence-corrected chi connectivity index (χ3v) is 6.53. The number of unbranched alkanes of at least 4 members (excludes halogenated alkanes) is 1. The highest BCUT2D eigenvalue weighted by Gasteiger charge is 2.18. The number of fused-ring (bicyclic) bond motifs is 1. The zero-order chi connectivity index (χ0) is 25.0. The Kier molecular flexibility index (Phi) is 10.2. The van der Waals surface area contributed by atoms with E-state index >= 15 is 0 Å². The summed E-state index contributed by atoms with van der Waals surface area (Å²) < 4.78 is 0. The number of carbonyl (C=O) groups excluding carboxylic acids is 1. The molecule has 0 spiro atoms. The van der Waals surface area contributed by atoms with Crippen LogP contribution in [0.2, 0.25) is 0 Å². The number of nitrogens with one attached hydrogen (secondary N) is 2. The molecule has 3 N–H and O–H groups in total. The van der Waals surface area contributed by atoms with Crippen LogP contribution < -0.4 is 5.32 Å². The average molecular weight is 473 g/mol. The quantitative estimate of drug-likeness (QED) is 0.177. The zero-order valence-electron chi connectivity index (χ0n) is 20.5. The van der Waals surface area contributed by atoms with Crippen molar-refractivity contribution in [1.29, 1.82) is 5.41 Å². The van der Waals surface area contributed by atoms with Gasteiger partial charge in [0.05, 0.1) is 5.71 Å². The molecule has 3 aromatic carbocycles. The van der Waals surface area contributed by atoms with Crippen molar-refractivity contribution in [3.05, 3.63) is 83.9 Å². The molecule has 0 aliphatic carbocycles. The van der Waals surface area contributed by atoms with E-state index in [0.29, 0.717) is 19.3 Å². The van der Waals surface area contributed by atoms with Gasteiger partial charge in [-0.15, -0.1) is 0 Å². The van der Waals surface area contributed by atoms with Crippen molar-refractivity contribution in [1.82, 2.24) is 5.32 Å². The topological polar surface area (TPSA) is 90.3 Å². The maximum Gasteiger partial charge on any atom is 0.303 e. The van der Waals surface area contributed by atoms with Crippen LogP contribution >= 0.6 is 0 Å². The van der Waals surface area contributed by atoms with Gasteiger partial charge in [-0.25, -0.2) is 0 Å². The fourth-order valence-corrected chi connectivity index (χ4v) is 4.58. The molecule has 0 aromatic heterocycles. The van der Waals surface area contributed by atoms with Crippen LogP contribution in [0.5, 0.6) is 0 Å². The monoisotopic (exact) mass is 472 g/mol. The second kappa shape index (κ2) is 13.5. The molecule has 184 valence electrons. The minimum absolute atomic E-state index is 0.0673. The van der Waals surface area contributed by atoms with Crippen molar-refractivity contribution >= 4 is 28.2 Å². The molecule has 0 heterocycles. The summed E-state index contributed by atoms with van der Waals surface area (Å²) in [5.74, 6) is -0.828. The van der Waals surface area contributed by atoms with Gasteiger partial charge in [0.2, 0.25) is 0 Å². The van der Waals surface area contributed by atoms with Crippen LogP contribution in [0, 0.1) is 11.3 Å². The molecule has 35 heavy (non-hydrogen) atoms. The largest absolute Gasteiger partial charge is 0.481 e. The number of carbonyl (C=O) groups is 2. The van der Waals surface area contributed by atoms with E-state index in [0.717, 1.165) is 19.4 Å². The lowest BCUT2D eigenvalue weighted by atomic mass is 9.89. The number of Topliss-reactive ketones (excluding diaryl/α,β-unsaturated/α-hetero) is 1. The van der Waals surface area contributed by atoms with E-state index in [9.17, 15) is 9.59 Å². The van der Waals surface area contributed by atoms with Crippen LogP contribution in [-0.4, -0.2) is 29.1 Å². The smallest absolute Gasteiger partial charge is 0.303 e. The van der Waals surface area contributed by atoms with E-state index in [4.69, 9.17) is 10.5 Å². The molecule has 0 fully saturated rings. The molecule has 0 bridgehead atoms. The van der Waals surface area contributed by atoms with Gasteiger partial charge in [-0.3, -0.25) is 9.59 Å². The van der Waals surface area contributed by atoms with Crippen molar-refractivity contribution in [2.24, 2.45) is 5.92 Å². The summed E-state index contributed by atoms with van der Waals surface area (Å²) in [5, 5.41) is 23.3. The van der Waals surface area contributed by atoms with Gasteiger partial charge in [-0.1, -0.05) is 72.8 Å². The molecule has 0 aliphatic rings. The van der Waals surface area contributed by atoms with Gasteiger partial charge in [-0.2, -0.15) is 0 Å². The fraction of sp³-hybridized carbons (Fsp3) is 0.367. The van der Waals surface area contributed by atoms with E-state index in [-0.39, 0.29) is 36.3 Å². The molecule has 5 heteroatoms. The lowest BCUT2D eigenvalue weighted by Crippen LogP contribution is -2.25. The SMILES string of the molecule is C[C@@H](NCCC(CC(=N)C(=O)CCCCC(=O)O)Cc1ccccc1)c1cccc2ccccc12. The molecule has 0 saturated carbocycles. The van der Waals surface area contributed by atoms with Crippen LogP contribution in [0.3, 0.4) is 0 Å². The molecular formula is C30H36N2O3. The molecule has 0 radical (unpaired) electrons. The predicted molar refractivity (Wildman–Crippen MR) is 142 cm³/mol. The van der Waals surface area contributed by atoms with Crippen molar-refractivity contribution in [3.63, 3.8) is 0 Å². The molecule has 2 atom stereocenters. The first-order valence-electron chi connectivity index (χ1n) is 12.5. The Labute approximate surface area is 208 Å². The first-order valence-corrected chi connectivity index (χ1v) is 12.5. The van der Waals surface area contributed by atoms with Gasteiger partial charge in [0.1, 0.15) is 0 Å². The standard InChI is InChI=1S/C30H36N2O3/c1-22(26-15-9-13-25-12-5-6-14-27(25)26)32-19-18-24(20-23-10-3-2-4-11-23)21-28(31)29(33)16-7-8-17-30(34)35/h2-6,9-15,22,24,31-32H,7-8,16-21H2,1H3,(H,34,35)/t22-,24?/m1/s1. The number of carboxylic acid groups (broad SMARTS) is 1. The lowest BCUT2D eigenvalue weighted by molar-refractivity contribution is -0.137. The highest BCUT2D eigenvalue weighted by Crippen LogP contribution is 2.24. The van der Waals surface area contributed by atoms with Gasteiger partial charge in [0.15, 0.2) is 5.78 Å². The number of carboxylic acids is 1. The Bertz CT molecular complexity index is 1120. The van der Waals surface area contributed by atoms with Gasteiger partial charge in [0, 0.05) is 18.9 Å². The zero-order valence-corrected chi connectivity index (χ0v) is 20.5. The number of hydrogen-bond donors (Lipinski definition) is 3. The maximum atomic E-state index is 12.5. The summed E-state index contributed by atoms with van der Waals surface area (Å²) in [6.45, 7) is 2.97. The summed E-state index contributed by atoms with van der Waals surface area (Å²) in [6.07, 6.45) is 3.42. The normalized spacial score (nSPS) is 12.8. The van der Waals surface area contributed by atoms with Crippen molar-refractivity contribution < 1.29 is 14.7 Å². The Morgan fingerprint density at radius 2 is 1.60 bits per heavy atom. The molecule has 1 unspecified atom stereocenters. The third kappa shape index (κ3) is 8.45. The van der Waals surface area contributed by atoms with E-state index < -0.39 is 5.97 Å². The summed E-state index contributed by atoms with van der Waals surface area (Å²) in [5.41, 5.74) is 2.64. The molecule has 0 aliphatic heterocycles. The van der Waals surface area contributed by atoms with Crippen LogP contribution in [0.1, 0.15) is 62.6 Å². The Balaban J connectivity index is 1.57. The van der Waals surface area contributed by atoms with Gasteiger partial charge in [0.25, 0.3) is 0 Å². The minimum atomic E-state index is -0.847. The first-order chi connectivity index (χ1) is 16.9. The maximum absolute atomic E-state index is 12.5. The van der Waals surface area contributed by atoms with Crippen LogP contribution in [0.4, 0.5) is 0 Å². The van der Waals surface area contributed by atoms with Crippen molar-refractivity contribution in [2.45, 2.75) is 57.9 Å². The number of rotatable bonds is 15. The number of benzene rings is 3. The summed E-state index contributed by atoms with van der Waals surface area (Å²) >= 11 is 0. The molecule has 0 amide bonds. The summed E-state index contributed by atoms with van der Waals surface area (Å²) in [7, 11) is 0. The van der Waals surface area contributed by atoms with Crippen molar-refractivity contribution in [2.75, 3.05) is 6.54 Å². The fourth-order valence-electron chi connectivity index (χ4n) is 4.58. The summed E-state index contributed by atoms with van der Waals surface area (Å²) in [6, 6.07) is 25.2. The van der Waals surface area contributed by atoms with E-state index in [1.165, 1.54) is 21.9 Å². The van der Waals surface area contributed by atoms with E-state index in [1.54, 1.807) is 0 Å². The second-order valence-corrected chi connectivity index (χ2v) is 9.30. The van der Waals surface area contributed by atoms with Crippen LogP contribution in [0.25, 0.3) is 10.8 Å². The lowest BCUT2D eigenvalue weighted by Gasteiger charge is -2.21. The van der Waals surface area contributed by atoms with Crippen LogP contribution in [0.15, 0.2) is 72.8 Å². The average Bonchev–Trinajstić information content (AvgIpc) is 2.86. The second-order valence-electron chi connectivity index (χ2n) is 9.30. The van der Waals surface area contributed by atoms with Gasteiger partial charge in [-0.05, 0) is 73.4 Å². The van der Waals surface area contributed by atoms with Gasteiger partial charge >= 0.3 is 5.97 Å². The summed E-state index contributed by atoms with van der Waals surface area (Å²) in [4.78, 5) is 23.1. The van der Waals surface area contributed by atoms with Crippen LogP contribution in [-0.2, 0) is 16.0 Å². The molecule has 3 aromatic rings. The highest BCUT2D eigenvalue weighted by molar-refractivity contribution is 6.38.